The Labute approximate surface area is 104 Å². The number of hydrogen-bond donors (Lipinski definition) is 1. The molecule has 1 atom stereocenters. The van der Waals surface area contributed by atoms with E-state index in [0.29, 0.717) is 0 Å². The highest BCUT2D eigenvalue weighted by molar-refractivity contribution is 6.68. The molecule has 1 aliphatic heterocycles. The van der Waals surface area contributed by atoms with Crippen molar-refractivity contribution in [2.75, 3.05) is 18.0 Å². The molecule has 1 unspecified atom stereocenters. The second kappa shape index (κ2) is 4.38. The minimum atomic E-state index is -1.31. The number of anilines is 1. The third-order valence-electron chi connectivity index (χ3n) is 2.40. The zero-order valence-corrected chi connectivity index (χ0v) is 10.2. The van der Waals surface area contributed by atoms with Gasteiger partial charge in [-0.1, -0.05) is 53.0 Å². The lowest BCUT2D eigenvalue weighted by Crippen LogP contribution is -2.46. The van der Waals surface area contributed by atoms with E-state index < -0.39 is 3.79 Å². The minimum absolute atomic E-state index is 0.259. The molecular formula is C10H11Cl3N2. The molecule has 1 aliphatic rings. The van der Waals surface area contributed by atoms with Crippen molar-refractivity contribution in [3.8, 4) is 0 Å². The van der Waals surface area contributed by atoms with Crippen LogP contribution in [0.15, 0.2) is 30.3 Å². The maximum Gasteiger partial charge on any atom is 0.223 e. The van der Waals surface area contributed by atoms with Crippen LogP contribution in [0.25, 0.3) is 0 Å². The first-order valence-electron chi connectivity index (χ1n) is 4.71. The number of para-hydroxylation sites is 1. The second-order valence-electron chi connectivity index (χ2n) is 3.43. The molecule has 5 heteroatoms. The van der Waals surface area contributed by atoms with Gasteiger partial charge in [0.1, 0.15) is 6.17 Å². The van der Waals surface area contributed by atoms with Gasteiger partial charge in [0.2, 0.25) is 3.79 Å². The number of benzene rings is 1. The Balaban J connectivity index is 2.23. The number of nitrogens with one attached hydrogen (secondary N) is 1. The van der Waals surface area contributed by atoms with Crippen molar-refractivity contribution in [3.63, 3.8) is 0 Å². The van der Waals surface area contributed by atoms with Gasteiger partial charge in [-0.05, 0) is 12.1 Å². The Kier molecular flexibility index (Phi) is 3.31. The number of alkyl halides is 3. The van der Waals surface area contributed by atoms with Crippen LogP contribution in [0, 0.1) is 0 Å². The van der Waals surface area contributed by atoms with E-state index in [1.165, 1.54) is 0 Å². The van der Waals surface area contributed by atoms with Gasteiger partial charge in [0.25, 0.3) is 0 Å². The van der Waals surface area contributed by atoms with Gasteiger partial charge in [0.05, 0.1) is 0 Å². The summed E-state index contributed by atoms with van der Waals surface area (Å²) in [6, 6.07) is 9.94. The molecule has 1 N–H and O–H groups in total. The third-order valence-corrected chi connectivity index (χ3v) is 3.02. The van der Waals surface area contributed by atoms with Gasteiger partial charge in [-0.2, -0.15) is 0 Å². The second-order valence-corrected chi connectivity index (χ2v) is 5.80. The van der Waals surface area contributed by atoms with Crippen molar-refractivity contribution in [2.45, 2.75) is 9.96 Å². The van der Waals surface area contributed by atoms with E-state index in [2.05, 4.69) is 10.2 Å². The van der Waals surface area contributed by atoms with Gasteiger partial charge < -0.3 is 4.90 Å². The lowest BCUT2D eigenvalue weighted by Gasteiger charge is -2.31. The van der Waals surface area contributed by atoms with Crippen molar-refractivity contribution in [2.24, 2.45) is 0 Å². The van der Waals surface area contributed by atoms with E-state index in [-0.39, 0.29) is 6.17 Å². The Morgan fingerprint density at radius 1 is 1.20 bits per heavy atom. The summed E-state index contributed by atoms with van der Waals surface area (Å²) in [5.41, 5.74) is 1.07. The molecule has 0 amide bonds. The SMILES string of the molecule is ClC(Cl)(Cl)C1NCCN1c1ccccc1. The normalized spacial score (nSPS) is 22.1. The van der Waals surface area contributed by atoms with E-state index in [0.717, 1.165) is 18.8 Å². The average Bonchev–Trinajstić information content (AvgIpc) is 2.67. The highest BCUT2D eigenvalue weighted by atomic mass is 35.6. The average molecular weight is 266 g/mol. The monoisotopic (exact) mass is 264 g/mol. The van der Waals surface area contributed by atoms with Crippen LogP contribution in [0.1, 0.15) is 0 Å². The molecule has 0 spiro atoms. The topological polar surface area (TPSA) is 15.3 Å². The van der Waals surface area contributed by atoms with Crippen LogP contribution < -0.4 is 10.2 Å². The van der Waals surface area contributed by atoms with Gasteiger partial charge in [-0.3, -0.25) is 5.32 Å². The molecule has 2 nitrogen and oxygen atoms in total. The van der Waals surface area contributed by atoms with Crippen LogP contribution in [0.3, 0.4) is 0 Å². The smallest absolute Gasteiger partial charge is 0.223 e. The zero-order valence-electron chi connectivity index (χ0n) is 7.96. The van der Waals surface area contributed by atoms with Crippen LogP contribution in [0.5, 0.6) is 0 Å². The van der Waals surface area contributed by atoms with Gasteiger partial charge in [-0.25, -0.2) is 0 Å². The fraction of sp³-hybridized carbons (Fsp3) is 0.400. The standard InChI is InChI=1S/C10H11Cl3N2/c11-10(12,13)9-14-6-7-15(9)8-4-2-1-3-5-8/h1-5,9,14H,6-7H2. The van der Waals surface area contributed by atoms with Crippen molar-refractivity contribution in [1.29, 1.82) is 0 Å². The van der Waals surface area contributed by atoms with Crippen LogP contribution in [0.2, 0.25) is 0 Å². The van der Waals surface area contributed by atoms with Crippen LogP contribution in [-0.4, -0.2) is 23.0 Å². The molecule has 0 aliphatic carbocycles. The Morgan fingerprint density at radius 3 is 2.47 bits per heavy atom. The lowest BCUT2D eigenvalue weighted by molar-refractivity contribution is 0.616. The minimum Gasteiger partial charge on any atom is -0.351 e. The first-order valence-corrected chi connectivity index (χ1v) is 5.84. The third kappa shape index (κ3) is 2.51. The highest BCUT2D eigenvalue weighted by Crippen LogP contribution is 2.35. The number of hydrogen-bond acceptors (Lipinski definition) is 2. The number of nitrogens with zero attached hydrogens (tertiary/aromatic N) is 1. The fourth-order valence-electron chi connectivity index (χ4n) is 1.75. The molecule has 15 heavy (non-hydrogen) atoms. The first kappa shape index (κ1) is 11.3. The molecule has 1 saturated heterocycles. The molecule has 1 heterocycles. The van der Waals surface area contributed by atoms with Gasteiger partial charge in [-0.15, -0.1) is 0 Å². The summed E-state index contributed by atoms with van der Waals surface area (Å²) >= 11 is 17.7. The molecule has 1 aromatic rings. The molecule has 1 aromatic carbocycles. The quantitative estimate of drug-likeness (QED) is 0.786. The van der Waals surface area contributed by atoms with E-state index in [1.54, 1.807) is 0 Å². The van der Waals surface area contributed by atoms with E-state index in [9.17, 15) is 0 Å². The van der Waals surface area contributed by atoms with Crippen molar-refractivity contribution in [1.82, 2.24) is 5.32 Å². The first-order chi connectivity index (χ1) is 7.09. The van der Waals surface area contributed by atoms with Crippen molar-refractivity contribution in [3.05, 3.63) is 30.3 Å². The Bertz CT molecular complexity index is 323. The van der Waals surface area contributed by atoms with Crippen molar-refractivity contribution < 1.29 is 0 Å². The van der Waals surface area contributed by atoms with Gasteiger partial charge >= 0.3 is 0 Å². The Morgan fingerprint density at radius 2 is 1.87 bits per heavy atom. The predicted octanol–water partition coefficient (Wildman–Crippen LogP) is 2.79. The summed E-state index contributed by atoms with van der Waals surface area (Å²) in [5, 5.41) is 3.18. The number of rotatable bonds is 1. The molecule has 0 radical (unpaired) electrons. The summed E-state index contributed by atoms with van der Waals surface area (Å²) < 4.78 is -1.31. The zero-order chi connectivity index (χ0) is 10.9. The van der Waals surface area contributed by atoms with Crippen LogP contribution in [-0.2, 0) is 0 Å². The molecule has 1 fully saturated rings. The van der Waals surface area contributed by atoms with Gasteiger partial charge in [0.15, 0.2) is 0 Å². The maximum absolute atomic E-state index is 5.91. The molecule has 0 bridgehead atoms. The molecule has 2 rings (SSSR count). The van der Waals surface area contributed by atoms with E-state index >= 15 is 0 Å². The lowest BCUT2D eigenvalue weighted by atomic mass is 10.3. The summed E-state index contributed by atoms with van der Waals surface area (Å²) in [4.78, 5) is 2.06. The molecule has 0 saturated carbocycles. The van der Waals surface area contributed by atoms with E-state index in [1.807, 2.05) is 30.3 Å². The summed E-state index contributed by atoms with van der Waals surface area (Å²) in [7, 11) is 0. The largest absolute Gasteiger partial charge is 0.351 e. The summed E-state index contributed by atoms with van der Waals surface area (Å²) in [5.74, 6) is 0. The highest BCUT2D eigenvalue weighted by Gasteiger charge is 2.40. The Hall–Kier alpha value is -0.150. The van der Waals surface area contributed by atoms with Crippen LogP contribution >= 0.6 is 34.8 Å². The maximum atomic E-state index is 5.91. The molecule has 0 aromatic heterocycles. The molecular weight excluding hydrogens is 254 g/mol. The van der Waals surface area contributed by atoms with Gasteiger partial charge in [0, 0.05) is 18.8 Å². The molecule has 82 valence electrons. The van der Waals surface area contributed by atoms with Crippen molar-refractivity contribution >= 4 is 40.5 Å². The van der Waals surface area contributed by atoms with E-state index in [4.69, 9.17) is 34.8 Å². The van der Waals surface area contributed by atoms with Crippen LogP contribution in [0.4, 0.5) is 5.69 Å². The number of halogens is 3. The predicted molar refractivity (Wildman–Crippen MR) is 65.9 cm³/mol. The summed E-state index contributed by atoms with van der Waals surface area (Å²) in [6.45, 7) is 1.68. The fourth-order valence-corrected chi connectivity index (χ4v) is 2.34. The summed E-state index contributed by atoms with van der Waals surface area (Å²) in [6.07, 6.45) is -0.259.